The Bertz CT molecular complexity index is 319. The van der Waals surface area contributed by atoms with Crippen molar-refractivity contribution in [2.45, 2.75) is 96.9 Å². The Balaban J connectivity index is 4.97. The van der Waals surface area contributed by atoms with Crippen LogP contribution in [0.3, 0.4) is 0 Å². The van der Waals surface area contributed by atoms with Crippen LogP contribution in [0.15, 0.2) is 12.3 Å². The molecule has 0 fully saturated rings. The molecule has 0 amide bonds. The summed E-state index contributed by atoms with van der Waals surface area (Å²) in [6.07, 6.45) is 12.7. The maximum absolute atomic E-state index is 5.96. The van der Waals surface area contributed by atoms with Crippen LogP contribution < -0.4 is 0 Å². The smallest absolute Gasteiger partial charge is 0.335 e. The average molecular weight is 377 g/mol. The number of unbranched alkanes of at least 4 members (excludes halogenated alkanes) is 6. The molecule has 0 N–H and O–H groups in total. The molecule has 0 heterocycles. The van der Waals surface area contributed by atoms with Crippen LogP contribution >= 0.6 is 12.6 Å². The van der Waals surface area contributed by atoms with Gasteiger partial charge in [0.25, 0.3) is 0 Å². The predicted octanol–water partition coefficient (Wildman–Crippen LogP) is 6.07. The van der Waals surface area contributed by atoms with Gasteiger partial charge in [0.2, 0.25) is 4.93 Å². The fourth-order valence-electron chi connectivity index (χ4n) is 2.82. The third kappa shape index (κ3) is 8.80. The number of ether oxygens (including phenoxy) is 4. The van der Waals surface area contributed by atoms with Crippen LogP contribution in [0.5, 0.6) is 0 Å². The van der Waals surface area contributed by atoms with Crippen molar-refractivity contribution in [2.24, 2.45) is 0 Å². The van der Waals surface area contributed by atoms with Crippen molar-refractivity contribution in [3.63, 3.8) is 0 Å². The van der Waals surface area contributed by atoms with Gasteiger partial charge in [0, 0.05) is 26.2 Å². The van der Waals surface area contributed by atoms with E-state index in [0.717, 1.165) is 12.8 Å². The topological polar surface area (TPSA) is 36.9 Å². The summed E-state index contributed by atoms with van der Waals surface area (Å²) in [5, 5.41) is 0. The summed E-state index contributed by atoms with van der Waals surface area (Å²) in [7, 11) is 0. The SMILES string of the molecule is CC=COC(S)(CCCCCCCCC)C(OCC)(OCC)OCC. The molecule has 0 aliphatic carbocycles. The highest BCUT2D eigenvalue weighted by molar-refractivity contribution is 7.81. The van der Waals surface area contributed by atoms with Crippen LogP contribution in [0.2, 0.25) is 0 Å². The Morgan fingerprint density at radius 1 is 0.760 bits per heavy atom. The van der Waals surface area contributed by atoms with E-state index in [9.17, 15) is 0 Å². The first-order chi connectivity index (χ1) is 12.1. The van der Waals surface area contributed by atoms with Crippen molar-refractivity contribution in [2.75, 3.05) is 19.8 Å². The van der Waals surface area contributed by atoms with Gasteiger partial charge in [-0.3, -0.25) is 0 Å². The second-order valence-corrected chi connectivity index (χ2v) is 6.82. The Hall–Kier alpha value is -0.230. The molecular formula is C20H40O4S. The summed E-state index contributed by atoms with van der Waals surface area (Å²) in [5.41, 5.74) is 0. The summed E-state index contributed by atoms with van der Waals surface area (Å²) in [6, 6.07) is 0. The minimum Gasteiger partial charge on any atom is -0.476 e. The van der Waals surface area contributed by atoms with Gasteiger partial charge in [-0.15, -0.1) is 12.6 Å². The van der Waals surface area contributed by atoms with Gasteiger partial charge in [-0.25, -0.2) is 0 Å². The van der Waals surface area contributed by atoms with E-state index in [0.29, 0.717) is 26.2 Å². The number of rotatable bonds is 17. The fourth-order valence-corrected chi connectivity index (χ4v) is 3.23. The zero-order valence-corrected chi connectivity index (χ0v) is 17.9. The van der Waals surface area contributed by atoms with Gasteiger partial charge in [-0.2, -0.15) is 0 Å². The molecule has 0 aromatic carbocycles. The number of allylic oxidation sites excluding steroid dienone is 1. The molecule has 0 aromatic rings. The van der Waals surface area contributed by atoms with Crippen molar-refractivity contribution >= 4 is 12.6 Å². The first-order valence-electron chi connectivity index (χ1n) is 9.98. The average Bonchev–Trinajstić information content (AvgIpc) is 2.59. The minimum absolute atomic E-state index is 0.457. The summed E-state index contributed by atoms with van der Waals surface area (Å²) in [6.45, 7) is 11.3. The van der Waals surface area contributed by atoms with Crippen LogP contribution in [-0.2, 0) is 18.9 Å². The molecule has 0 radical (unpaired) electrons. The van der Waals surface area contributed by atoms with Gasteiger partial charge >= 0.3 is 5.97 Å². The molecule has 0 aromatic heterocycles. The standard InChI is InChI=1S/C20H40O4S/c1-6-11-12-13-14-15-16-17-19(25,24-18-7-2)20(21-8-3,22-9-4)23-10-5/h7,18,25H,6,8-17H2,1-5H3. The van der Waals surface area contributed by atoms with Gasteiger partial charge in [-0.1, -0.05) is 51.5 Å². The summed E-state index contributed by atoms with van der Waals surface area (Å²) < 4.78 is 23.7. The normalized spacial score (nSPS) is 14.8. The monoisotopic (exact) mass is 376 g/mol. The van der Waals surface area contributed by atoms with E-state index in [-0.39, 0.29) is 0 Å². The lowest BCUT2D eigenvalue weighted by Crippen LogP contribution is -2.57. The fraction of sp³-hybridized carbons (Fsp3) is 0.900. The van der Waals surface area contributed by atoms with Gasteiger partial charge in [0.05, 0.1) is 6.26 Å². The minimum atomic E-state index is -1.31. The molecule has 0 rings (SSSR count). The molecule has 1 unspecified atom stereocenters. The van der Waals surface area contributed by atoms with E-state index in [1.807, 2.05) is 33.8 Å². The molecule has 0 bridgehead atoms. The first-order valence-corrected chi connectivity index (χ1v) is 10.4. The third-order valence-electron chi connectivity index (χ3n) is 4.00. The van der Waals surface area contributed by atoms with Crippen LogP contribution in [0.4, 0.5) is 0 Å². The lowest BCUT2D eigenvalue weighted by Gasteiger charge is -2.44. The molecule has 25 heavy (non-hydrogen) atoms. The van der Waals surface area contributed by atoms with E-state index in [1.165, 1.54) is 32.1 Å². The Labute approximate surface area is 161 Å². The molecule has 0 saturated carbocycles. The molecule has 5 heteroatoms. The van der Waals surface area contributed by atoms with E-state index >= 15 is 0 Å². The molecule has 4 nitrogen and oxygen atoms in total. The van der Waals surface area contributed by atoms with Crippen molar-refractivity contribution in [1.82, 2.24) is 0 Å². The van der Waals surface area contributed by atoms with Crippen LogP contribution in [0.25, 0.3) is 0 Å². The second kappa shape index (κ2) is 14.9. The molecule has 0 spiro atoms. The highest BCUT2D eigenvalue weighted by atomic mass is 32.1. The Morgan fingerprint density at radius 3 is 1.68 bits per heavy atom. The van der Waals surface area contributed by atoms with Crippen molar-refractivity contribution in [3.8, 4) is 0 Å². The van der Waals surface area contributed by atoms with Crippen LogP contribution in [0.1, 0.15) is 86.0 Å². The summed E-state index contributed by atoms with van der Waals surface area (Å²) in [4.78, 5) is -0.995. The number of hydrogen-bond donors (Lipinski definition) is 1. The highest BCUT2D eigenvalue weighted by Crippen LogP contribution is 2.41. The van der Waals surface area contributed by atoms with E-state index < -0.39 is 10.9 Å². The molecule has 0 aliphatic rings. The maximum atomic E-state index is 5.96. The third-order valence-corrected chi connectivity index (χ3v) is 4.60. The largest absolute Gasteiger partial charge is 0.476 e. The first kappa shape index (κ1) is 24.8. The molecule has 1 atom stereocenters. The highest BCUT2D eigenvalue weighted by Gasteiger charge is 2.55. The van der Waals surface area contributed by atoms with Gasteiger partial charge in [0.15, 0.2) is 0 Å². The van der Waals surface area contributed by atoms with Gasteiger partial charge in [-0.05, 0) is 34.1 Å². The number of hydrogen-bond acceptors (Lipinski definition) is 5. The van der Waals surface area contributed by atoms with Crippen LogP contribution in [0, 0.1) is 0 Å². The van der Waals surface area contributed by atoms with Crippen molar-refractivity contribution in [3.05, 3.63) is 12.3 Å². The van der Waals surface area contributed by atoms with E-state index in [1.54, 1.807) is 6.26 Å². The molecule has 150 valence electrons. The van der Waals surface area contributed by atoms with E-state index in [4.69, 9.17) is 31.6 Å². The van der Waals surface area contributed by atoms with Crippen molar-refractivity contribution < 1.29 is 18.9 Å². The summed E-state index contributed by atoms with van der Waals surface area (Å²) >= 11 is 4.85. The lowest BCUT2D eigenvalue weighted by atomic mass is 10.0. The molecular weight excluding hydrogens is 336 g/mol. The van der Waals surface area contributed by atoms with Crippen molar-refractivity contribution in [1.29, 1.82) is 0 Å². The Morgan fingerprint density at radius 2 is 1.24 bits per heavy atom. The molecule has 0 saturated heterocycles. The van der Waals surface area contributed by atoms with Gasteiger partial charge in [0.1, 0.15) is 0 Å². The zero-order valence-electron chi connectivity index (χ0n) is 17.0. The van der Waals surface area contributed by atoms with Gasteiger partial charge < -0.3 is 18.9 Å². The maximum Gasteiger partial charge on any atom is 0.335 e. The van der Waals surface area contributed by atoms with E-state index in [2.05, 4.69) is 6.92 Å². The Kier molecular flexibility index (Phi) is 14.8. The number of thiol groups is 1. The molecule has 0 aliphatic heterocycles. The predicted molar refractivity (Wildman–Crippen MR) is 108 cm³/mol. The second-order valence-electron chi connectivity index (χ2n) is 6.10. The lowest BCUT2D eigenvalue weighted by molar-refractivity contribution is -0.419. The quantitative estimate of drug-likeness (QED) is 0.145. The van der Waals surface area contributed by atoms with Crippen LogP contribution in [-0.4, -0.2) is 30.7 Å². The zero-order chi connectivity index (χ0) is 19.0. The summed E-state index contributed by atoms with van der Waals surface area (Å²) in [5.74, 6) is -1.31.